The molecule has 3 rings (SSSR count). The van der Waals surface area contributed by atoms with E-state index in [1.807, 2.05) is 44.2 Å². The normalized spacial score (nSPS) is 12.0. The van der Waals surface area contributed by atoms with Gasteiger partial charge in [-0.15, -0.1) is 0 Å². The Labute approximate surface area is 160 Å². The topological polar surface area (TPSA) is 38.1 Å². The van der Waals surface area contributed by atoms with E-state index in [1.165, 1.54) is 18.5 Å². The standard InChI is InChI=1S/C21H20F3N3O/c1-3-26(4-2)19(28)11-10-15-12-16(21(22,23)24)13-18-20(15)27(14-25-18)17-8-6-5-7-9-17/h5-14H,3-4H2,1-2H3/b11-10-. The minimum atomic E-state index is -4.50. The number of benzene rings is 2. The second-order valence-electron chi connectivity index (χ2n) is 6.22. The smallest absolute Gasteiger partial charge is 0.340 e. The zero-order valence-electron chi connectivity index (χ0n) is 15.6. The van der Waals surface area contributed by atoms with Crippen molar-refractivity contribution in [1.29, 1.82) is 0 Å². The van der Waals surface area contributed by atoms with Crippen LogP contribution in [0.4, 0.5) is 13.2 Å². The molecule has 0 aliphatic heterocycles. The first-order valence-corrected chi connectivity index (χ1v) is 8.95. The molecule has 0 bridgehead atoms. The highest BCUT2D eigenvalue weighted by molar-refractivity contribution is 5.95. The van der Waals surface area contributed by atoms with Crippen molar-refractivity contribution in [3.05, 3.63) is 66.0 Å². The molecular formula is C21H20F3N3O. The van der Waals surface area contributed by atoms with Crippen LogP contribution in [-0.2, 0) is 11.0 Å². The minimum Gasteiger partial charge on any atom is -0.340 e. The summed E-state index contributed by atoms with van der Waals surface area (Å²) in [7, 11) is 0. The second-order valence-corrected chi connectivity index (χ2v) is 6.22. The Morgan fingerprint density at radius 3 is 2.43 bits per heavy atom. The van der Waals surface area contributed by atoms with E-state index in [-0.39, 0.29) is 17.0 Å². The summed E-state index contributed by atoms with van der Waals surface area (Å²) >= 11 is 0. The van der Waals surface area contributed by atoms with Crippen LogP contribution in [0.15, 0.2) is 54.9 Å². The summed E-state index contributed by atoms with van der Waals surface area (Å²) in [4.78, 5) is 18.0. The van der Waals surface area contributed by atoms with Crippen LogP contribution >= 0.6 is 0 Å². The Hall–Kier alpha value is -3.09. The van der Waals surface area contributed by atoms with Gasteiger partial charge >= 0.3 is 6.18 Å². The summed E-state index contributed by atoms with van der Waals surface area (Å²) in [5.74, 6) is -0.249. The third-order valence-electron chi connectivity index (χ3n) is 4.51. The molecule has 4 nitrogen and oxygen atoms in total. The van der Waals surface area contributed by atoms with E-state index >= 15 is 0 Å². The van der Waals surface area contributed by atoms with Gasteiger partial charge in [0.25, 0.3) is 0 Å². The highest BCUT2D eigenvalue weighted by Gasteiger charge is 2.32. The van der Waals surface area contributed by atoms with Gasteiger partial charge in [0.2, 0.25) is 5.91 Å². The lowest BCUT2D eigenvalue weighted by molar-refractivity contribution is -0.137. The Morgan fingerprint density at radius 2 is 1.82 bits per heavy atom. The fourth-order valence-corrected chi connectivity index (χ4v) is 3.06. The molecular weight excluding hydrogens is 367 g/mol. The number of para-hydroxylation sites is 1. The highest BCUT2D eigenvalue weighted by atomic mass is 19.4. The fourth-order valence-electron chi connectivity index (χ4n) is 3.06. The molecule has 1 heterocycles. The van der Waals surface area contributed by atoms with Crippen molar-refractivity contribution in [3.8, 4) is 5.69 Å². The van der Waals surface area contributed by atoms with E-state index in [4.69, 9.17) is 0 Å². The maximum atomic E-state index is 13.3. The Bertz CT molecular complexity index is 1000. The van der Waals surface area contributed by atoms with E-state index in [0.717, 1.165) is 17.8 Å². The molecule has 0 unspecified atom stereocenters. The van der Waals surface area contributed by atoms with Crippen LogP contribution < -0.4 is 0 Å². The van der Waals surface area contributed by atoms with Gasteiger partial charge in [0.15, 0.2) is 0 Å². The van der Waals surface area contributed by atoms with E-state index < -0.39 is 11.7 Å². The van der Waals surface area contributed by atoms with Crippen LogP contribution in [-0.4, -0.2) is 33.4 Å². The molecule has 0 aliphatic carbocycles. The molecule has 0 spiro atoms. The lowest BCUT2D eigenvalue weighted by atomic mass is 10.1. The number of alkyl halides is 3. The number of amides is 1. The summed E-state index contributed by atoms with van der Waals surface area (Å²) in [6.45, 7) is 4.75. The van der Waals surface area contributed by atoms with Crippen molar-refractivity contribution in [2.24, 2.45) is 0 Å². The number of imidazole rings is 1. The maximum Gasteiger partial charge on any atom is 0.416 e. The molecule has 1 amide bonds. The van der Waals surface area contributed by atoms with Gasteiger partial charge in [0.1, 0.15) is 6.33 Å². The monoisotopic (exact) mass is 387 g/mol. The largest absolute Gasteiger partial charge is 0.416 e. The predicted octanol–water partition coefficient (Wildman–Crippen LogP) is 4.93. The number of aromatic nitrogens is 2. The van der Waals surface area contributed by atoms with Gasteiger partial charge in [0, 0.05) is 30.4 Å². The molecule has 1 aromatic heterocycles. The molecule has 0 fully saturated rings. The van der Waals surface area contributed by atoms with E-state index in [0.29, 0.717) is 18.6 Å². The van der Waals surface area contributed by atoms with Gasteiger partial charge in [-0.1, -0.05) is 18.2 Å². The lowest BCUT2D eigenvalue weighted by Gasteiger charge is -2.16. The summed E-state index contributed by atoms with van der Waals surface area (Å²) in [5.41, 5.74) is 0.992. The molecule has 7 heteroatoms. The van der Waals surface area contributed by atoms with Crippen LogP contribution in [0.1, 0.15) is 25.0 Å². The average Bonchev–Trinajstić information content (AvgIpc) is 3.11. The molecule has 0 radical (unpaired) electrons. The Balaban J connectivity index is 2.17. The number of rotatable bonds is 5. The van der Waals surface area contributed by atoms with Gasteiger partial charge in [-0.3, -0.25) is 9.36 Å². The first-order chi connectivity index (χ1) is 13.3. The zero-order chi connectivity index (χ0) is 20.3. The number of hydrogen-bond acceptors (Lipinski definition) is 2. The second kappa shape index (κ2) is 7.88. The number of fused-ring (bicyclic) bond motifs is 1. The maximum absolute atomic E-state index is 13.3. The number of carbonyl (C=O) groups excluding carboxylic acids is 1. The molecule has 146 valence electrons. The minimum absolute atomic E-state index is 0.216. The van der Waals surface area contributed by atoms with Crippen LogP contribution in [0, 0.1) is 0 Å². The van der Waals surface area contributed by atoms with Gasteiger partial charge in [-0.05, 0) is 44.2 Å². The Morgan fingerprint density at radius 1 is 1.14 bits per heavy atom. The van der Waals surface area contributed by atoms with Gasteiger partial charge < -0.3 is 4.90 Å². The number of carbonyl (C=O) groups is 1. The van der Waals surface area contributed by atoms with E-state index in [1.54, 1.807) is 9.47 Å². The summed E-state index contributed by atoms with van der Waals surface area (Å²) in [6, 6.07) is 11.3. The van der Waals surface area contributed by atoms with Crippen molar-refractivity contribution in [2.45, 2.75) is 20.0 Å². The molecule has 2 aromatic carbocycles. The summed E-state index contributed by atoms with van der Waals surface area (Å²) < 4.78 is 41.7. The quantitative estimate of drug-likeness (QED) is 0.583. The molecule has 0 N–H and O–H groups in total. The van der Waals surface area contributed by atoms with Crippen molar-refractivity contribution in [3.63, 3.8) is 0 Å². The van der Waals surface area contributed by atoms with Crippen molar-refractivity contribution < 1.29 is 18.0 Å². The van der Waals surface area contributed by atoms with Crippen LogP contribution in [0.25, 0.3) is 22.8 Å². The van der Waals surface area contributed by atoms with Crippen molar-refractivity contribution in [2.75, 3.05) is 13.1 Å². The molecule has 0 aliphatic rings. The molecule has 0 saturated carbocycles. The SMILES string of the molecule is CCN(CC)C(=O)/C=C\c1cc(C(F)(F)F)cc2ncn(-c3ccccc3)c12. The van der Waals surface area contributed by atoms with Crippen molar-refractivity contribution in [1.82, 2.24) is 14.5 Å². The Kier molecular flexibility index (Phi) is 5.53. The first-order valence-electron chi connectivity index (χ1n) is 8.95. The predicted molar refractivity (Wildman–Crippen MR) is 103 cm³/mol. The molecule has 3 aromatic rings. The highest BCUT2D eigenvalue weighted by Crippen LogP contribution is 2.34. The third-order valence-corrected chi connectivity index (χ3v) is 4.51. The lowest BCUT2D eigenvalue weighted by Crippen LogP contribution is -2.28. The molecule has 0 atom stereocenters. The van der Waals surface area contributed by atoms with Crippen LogP contribution in [0.2, 0.25) is 0 Å². The molecule has 28 heavy (non-hydrogen) atoms. The van der Waals surface area contributed by atoms with Gasteiger partial charge in [0.05, 0.1) is 16.6 Å². The van der Waals surface area contributed by atoms with Crippen LogP contribution in [0.5, 0.6) is 0 Å². The third kappa shape index (κ3) is 3.93. The summed E-state index contributed by atoms with van der Waals surface area (Å²) in [6.07, 6.45) is -0.274. The molecule has 0 saturated heterocycles. The van der Waals surface area contributed by atoms with E-state index in [2.05, 4.69) is 4.98 Å². The van der Waals surface area contributed by atoms with Crippen molar-refractivity contribution >= 4 is 23.0 Å². The first kappa shape index (κ1) is 19.7. The number of halogens is 3. The number of nitrogens with zero attached hydrogens (tertiary/aromatic N) is 3. The van der Waals surface area contributed by atoms with Gasteiger partial charge in [-0.25, -0.2) is 4.98 Å². The fraction of sp³-hybridized carbons (Fsp3) is 0.238. The van der Waals surface area contributed by atoms with E-state index in [9.17, 15) is 18.0 Å². The average molecular weight is 387 g/mol. The number of hydrogen-bond donors (Lipinski definition) is 0. The van der Waals surface area contributed by atoms with Crippen LogP contribution in [0.3, 0.4) is 0 Å². The van der Waals surface area contributed by atoms with Gasteiger partial charge in [-0.2, -0.15) is 13.2 Å². The summed E-state index contributed by atoms with van der Waals surface area (Å²) in [5, 5.41) is 0. The number of likely N-dealkylation sites (N-methyl/N-ethyl adjacent to an activating group) is 1. The zero-order valence-corrected chi connectivity index (χ0v) is 15.6.